The first-order valence-electron chi connectivity index (χ1n) is 6.34. The van der Waals surface area contributed by atoms with Crippen molar-refractivity contribution in [2.45, 2.75) is 25.1 Å². The van der Waals surface area contributed by atoms with Gasteiger partial charge in [0.15, 0.2) is 0 Å². The number of aryl methyl sites for hydroxylation is 1. The van der Waals surface area contributed by atoms with Crippen LogP contribution in [0, 0.1) is 22.5 Å². The number of carbonyl (C=O) groups is 1. The second-order valence-electron chi connectivity index (χ2n) is 4.83. The maximum atomic E-state index is 12.7. The minimum Gasteiger partial charge on any atom is -0.317 e. The molecule has 1 amide bonds. The fourth-order valence-corrected chi connectivity index (χ4v) is 2.59. The van der Waals surface area contributed by atoms with Crippen LogP contribution in [0.25, 0.3) is 0 Å². The number of alkyl halides is 3. The van der Waals surface area contributed by atoms with Crippen LogP contribution >= 0.6 is 0 Å². The number of amides is 1. The summed E-state index contributed by atoms with van der Waals surface area (Å²) in [5, 5.41) is 10.8. The third-order valence-corrected chi connectivity index (χ3v) is 3.53. The number of rotatable bonds is 3. The van der Waals surface area contributed by atoms with Crippen LogP contribution < -0.4 is 0 Å². The van der Waals surface area contributed by atoms with E-state index >= 15 is 0 Å². The average Bonchev–Trinajstić information content (AvgIpc) is 2.85. The first kappa shape index (κ1) is 15.8. The second-order valence-corrected chi connectivity index (χ2v) is 4.83. The Balaban J connectivity index is 2.42. The van der Waals surface area contributed by atoms with E-state index in [1.807, 2.05) is 5.92 Å². The summed E-state index contributed by atoms with van der Waals surface area (Å²) in [4.78, 5) is 22.3. The van der Waals surface area contributed by atoms with Gasteiger partial charge in [-0.1, -0.05) is 12.0 Å². The lowest BCUT2D eigenvalue weighted by molar-refractivity contribution is -0.384. The van der Waals surface area contributed by atoms with Crippen molar-refractivity contribution in [2.75, 3.05) is 6.54 Å². The van der Waals surface area contributed by atoms with Crippen molar-refractivity contribution in [3.05, 3.63) is 39.4 Å². The van der Waals surface area contributed by atoms with Gasteiger partial charge in [0, 0.05) is 12.1 Å². The van der Waals surface area contributed by atoms with Gasteiger partial charge < -0.3 is 4.90 Å². The van der Waals surface area contributed by atoms with E-state index in [9.17, 15) is 28.1 Å². The van der Waals surface area contributed by atoms with E-state index in [0.29, 0.717) is 22.4 Å². The molecule has 0 saturated carbocycles. The molecule has 0 bridgehead atoms. The predicted molar refractivity (Wildman–Crippen MR) is 70.8 cm³/mol. The van der Waals surface area contributed by atoms with Gasteiger partial charge in [0.2, 0.25) is 0 Å². The van der Waals surface area contributed by atoms with E-state index < -0.39 is 29.6 Å². The molecule has 1 aromatic rings. The number of carbonyl (C=O) groups excluding carboxylic acids is 1. The number of nitrogens with zero attached hydrogens (tertiary/aromatic N) is 2. The van der Waals surface area contributed by atoms with Gasteiger partial charge in [0.25, 0.3) is 5.69 Å². The van der Waals surface area contributed by atoms with E-state index in [1.54, 1.807) is 0 Å². The van der Waals surface area contributed by atoms with Gasteiger partial charge in [-0.3, -0.25) is 14.9 Å². The number of nitro benzene ring substituents is 1. The minimum absolute atomic E-state index is 0.231. The molecule has 0 saturated heterocycles. The normalized spacial score (nSPS) is 16.7. The second kappa shape index (κ2) is 5.67. The molecular weight excluding hydrogens is 301 g/mol. The molecule has 1 aromatic carbocycles. The highest BCUT2D eigenvalue weighted by Gasteiger charge is 2.45. The van der Waals surface area contributed by atoms with Crippen molar-refractivity contribution in [1.82, 2.24) is 4.90 Å². The number of hydrogen-bond donors (Lipinski definition) is 0. The van der Waals surface area contributed by atoms with E-state index in [2.05, 4.69) is 0 Å². The molecule has 0 aliphatic heterocycles. The Morgan fingerprint density at radius 1 is 1.50 bits per heavy atom. The molecule has 0 aromatic heterocycles. The lowest BCUT2D eigenvalue weighted by Crippen LogP contribution is -2.43. The van der Waals surface area contributed by atoms with E-state index in [-0.39, 0.29) is 12.1 Å². The molecule has 1 aliphatic carbocycles. The predicted octanol–water partition coefficient (Wildman–Crippen LogP) is 2.61. The molecule has 0 heterocycles. The Morgan fingerprint density at radius 3 is 2.73 bits per heavy atom. The Hall–Kier alpha value is -2.56. The molecule has 8 heteroatoms. The number of non-ortho nitro benzene ring substituents is 1. The molecule has 5 nitrogen and oxygen atoms in total. The van der Waals surface area contributed by atoms with Crippen LogP contribution in [0.15, 0.2) is 18.2 Å². The van der Waals surface area contributed by atoms with Gasteiger partial charge in [-0.05, 0) is 24.0 Å². The first-order chi connectivity index (χ1) is 10.3. The summed E-state index contributed by atoms with van der Waals surface area (Å²) in [5.41, 5.74) is 0.806. The Morgan fingerprint density at radius 2 is 2.18 bits per heavy atom. The average molecular weight is 312 g/mol. The van der Waals surface area contributed by atoms with E-state index in [1.165, 1.54) is 18.2 Å². The van der Waals surface area contributed by atoms with Crippen molar-refractivity contribution in [2.24, 2.45) is 0 Å². The van der Waals surface area contributed by atoms with Gasteiger partial charge >= 0.3 is 12.1 Å². The summed E-state index contributed by atoms with van der Waals surface area (Å²) >= 11 is 0. The molecule has 0 N–H and O–H groups in total. The molecule has 22 heavy (non-hydrogen) atoms. The lowest BCUT2D eigenvalue weighted by atomic mass is 10.1. The van der Waals surface area contributed by atoms with Crippen LogP contribution in [0.1, 0.15) is 23.6 Å². The highest BCUT2D eigenvalue weighted by molar-refractivity contribution is 5.82. The largest absolute Gasteiger partial charge is 0.471 e. The Bertz CT molecular complexity index is 664. The van der Waals surface area contributed by atoms with Crippen LogP contribution in [0.2, 0.25) is 0 Å². The Labute approximate surface area is 123 Å². The molecule has 0 unspecified atom stereocenters. The summed E-state index contributed by atoms with van der Waals surface area (Å²) in [7, 11) is 0. The van der Waals surface area contributed by atoms with Crippen LogP contribution in [0.5, 0.6) is 0 Å². The number of halogens is 3. The van der Waals surface area contributed by atoms with E-state index in [0.717, 1.165) is 0 Å². The molecule has 0 fully saturated rings. The fraction of sp³-hybridized carbons (Fsp3) is 0.357. The summed E-state index contributed by atoms with van der Waals surface area (Å²) < 4.78 is 38.1. The van der Waals surface area contributed by atoms with E-state index in [4.69, 9.17) is 6.42 Å². The summed E-state index contributed by atoms with van der Waals surface area (Å²) in [6.07, 6.45) is 0.700. The topological polar surface area (TPSA) is 63.5 Å². The van der Waals surface area contributed by atoms with Crippen molar-refractivity contribution < 1.29 is 22.9 Å². The number of terminal acetylenes is 1. The first-order valence-corrected chi connectivity index (χ1v) is 6.34. The maximum absolute atomic E-state index is 12.7. The third-order valence-electron chi connectivity index (χ3n) is 3.53. The van der Waals surface area contributed by atoms with Crippen LogP contribution in [-0.4, -0.2) is 28.5 Å². The quantitative estimate of drug-likeness (QED) is 0.489. The molecule has 0 radical (unpaired) electrons. The standard InChI is InChI=1S/C14H11F3N2O3/c1-2-7-18(13(20)14(15,16)17)12-6-4-9-3-5-10(19(21)22)8-11(9)12/h1,3,5,8,12H,4,6-7H2/t12-/m0/s1. The minimum atomic E-state index is -5.04. The van der Waals surface area contributed by atoms with Gasteiger partial charge in [-0.15, -0.1) is 6.42 Å². The van der Waals surface area contributed by atoms with Crippen LogP contribution in [0.4, 0.5) is 18.9 Å². The van der Waals surface area contributed by atoms with Crippen molar-refractivity contribution in [3.8, 4) is 12.3 Å². The zero-order valence-corrected chi connectivity index (χ0v) is 11.3. The molecule has 1 atom stereocenters. The van der Waals surface area contributed by atoms with Crippen LogP contribution in [-0.2, 0) is 11.2 Å². The van der Waals surface area contributed by atoms with Crippen LogP contribution in [0.3, 0.4) is 0 Å². The van der Waals surface area contributed by atoms with Gasteiger partial charge in [-0.25, -0.2) is 0 Å². The third kappa shape index (κ3) is 2.88. The number of fused-ring (bicyclic) bond motifs is 1. The molecule has 2 rings (SSSR count). The van der Waals surface area contributed by atoms with Crippen molar-refractivity contribution in [1.29, 1.82) is 0 Å². The molecule has 116 valence electrons. The summed E-state index contributed by atoms with van der Waals surface area (Å²) in [6.45, 7) is -0.509. The lowest BCUT2D eigenvalue weighted by Gasteiger charge is -2.28. The van der Waals surface area contributed by atoms with Crippen molar-refractivity contribution in [3.63, 3.8) is 0 Å². The van der Waals surface area contributed by atoms with Gasteiger partial charge in [0.05, 0.1) is 17.5 Å². The zero-order chi connectivity index (χ0) is 16.5. The Kier molecular flexibility index (Phi) is 4.08. The summed E-state index contributed by atoms with van der Waals surface area (Å²) in [6, 6.07) is 3.10. The molecule has 1 aliphatic rings. The highest BCUT2D eigenvalue weighted by atomic mass is 19.4. The SMILES string of the molecule is C#CCN(C(=O)C(F)(F)F)[C@H]1CCc2ccc([N+](=O)[O-])cc21. The van der Waals surface area contributed by atoms with Gasteiger partial charge in [-0.2, -0.15) is 13.2 Å². The monoisotopic (exact) mass is 312 g/mol. The smallest absolute Gasteiger partial charge is 0.317 e. The maximum Gasteiger partial charge on any atom is 0.471 e. The molecule has 0 spiro atoms. The summed E-state index contributed by atoms with van der Waals surface area (Å²) in [5.74, 6) is 0.00451. The highest BCUT2D eigenvalue weighted by Crippen LogP contribution is 2.39. The number of hydrogen-bond acceptors (Lipinski definition) is 3. The fourth-order valence-electron chi connectivity index (χ4n) is 2.59. The van der Waals surface area contributed by atoms with Crippen molar-refractivity contribution >= 4 is 11.6 Å². The number of benzene rings is 1. The van der Waals surface area contributed by atoms with Gasteiger partial charge in [0.1, 0.15) is 0 Å². The zero-order valence-electron chi connectivity index (χ0n) is 11.3. The molecular formula is C14H11F3N2O3. The number of nitro groups is 1.